The summed E-state index contributed by atoms with van der Waals surface area (Å²) in [5, 5.41) is 3.53. The lowest BCUT2D eigenvalue weighted by molar-refractivity contribution is 0.143. The van der Waals surface area contributed by atoms with Crippen LogP contribution >= 0.6 is 8.20 Å². The van der Waals surface area contributed by atoms with Crippen molar-refractivity contribution in [2.45, 2.75) is 57.2 Å². The van der Waals surface area contributed by atoms with E-state index in [0.29, 0.717) is 6.04 Å². The van der Waals surface area contributed by atoms with E-state index in [-0.39, 0.29) is 12.4 Å². The Morgan fingerprint density at radius 3 is 2.67 bits per heavy atom. The Morgan fingerprint density at radius 1 is 1.40 bits per heavy atom. The van der Waals surface area contributed by atoms with Gasteiger partial charge in [0.2, 0.25) is 0 Å². The molecule has 1 heterocycles. The van der Waals surface area contributed by atoms with Gasteiger partial charge in [0.05, 0.1) is 0 Å². The van der Waals surface area contributed by atoms with Crippen LogP contribution in [0.15, 0.2) is 0 Å². The zero-order chi connectivity index (χ0) is 10.9. The number of hydrogen-bond donors (Lipinski definition) is 1. The van der Waals surface area contributed by atoms with E-state index >= 15 is 0 Å². The van der Waals surface area contributed by atoms with Crippen LogP contribution in [0.25, 0.3) is 0 Å². The largest absolute Gasteiger partial charge is 0.407 e. The van der Waals surface area contributed by atoms with E-state index in [4.69, 9.17) is 4.65 Å². The second-order valence-electron chi connectivity index (χ2n) is 5.02. The number of nitrogens with one attached hydrogen (secondary N) is 1. The summed E-state index contributed by atoms with van der Waals surface area (Å²) >= 11 is 0. The first-order valence-electron chi connectivity index (χ1n) is 6.07. The Hall–Kier alpha value is 0.155. The molecule has 1 saturated carbocycles. The van der Waals surface area contributed by atoms with Gasteiger partial charge < -0.3 is 9.88 Å². The van der Waals surface area contributed by atoms with Crippen LogP contribution in [-0.4, -0.2) is 24.7 Å². The highest BCUT2D eigenvalue weighted by molar-refractivity contribution is 7.38. The van der Waals surface area contributed by atoms with Crippen molar-refractivity contribution in [3.63, 3.8) is 0 Å². The predicted octanol–water partition coefficient (Wildman–Crippen LogP) is 2.77. The molecular weight excluding hydrogens is 204 g/mol. The number of hydrogen-bond acceptors (Lipinski definition) is 2. The maximum atomic E-state index is 5.98. The summed E-state index contributed by atoms with van der Waals surface area (Å²) < 4.78 is 5.98. The Kier molecular flexibility index (Phi) is 3.54. The van der Waals surface area contributed by atoms with Gasteiger partial charge in [-0.2, -0.15) is 0 Å². The molecule has 0 aromatic heterocycles. The molecular formula is C11H21BNOP. The van der Waals surface area contributed by atoms with Crippen molar-refractivity contribution in [1.82, 2.24) is 5.23 Å². The molecule has 0 aromatic carbocycles. The van der Waals surface area contributed by atoms with Gasteiger partial charge in [-0.15, -0.1) is 0 Å². The van der Waals surface area contributed by atoms with Crippen molar-refractivity contribution in [2.24, 2.45) is 5.92 Å². The molecule has 84 valence electrons. The zero-order valence-corrected chi connectivity index (χ0v) is 10.7. The SMILES string of the molecule is C=PC1(C)OB(C)N[C@@H]1C1CCCCC1. The Morgan fingerprint density at radius 2 is 2.07 bits per heavy atom. The summed E-state index contributed by atoms with van der Waals surface area (Å²) in [6.45, 7) is 4.31. The van der Waals surface area contributed by atoms with Gasteiger partial charge >= 0.3 is 7.05 Å². The second kappa shape index (κ2) is 4.57. The van der Waals surface area contributed by atoms with E-state index < -0.39 is 0 Å². The van der Waals surface area contributed by atoms with Crippen LogP contribution in [0.1, 0.15) is 39.0 Å². The first kappa shape index (κ1) is 11.6. The Bertz CT molecular complexity index is 245. The summed E-state index contributed by atoms with van der Waals surface area (Å²) in [6, 6.07) is 0.506. The third-order valence-corrected chi connectivity index (χ3v) is 4.85. The molecule has 2 rings (SSSR count). The monoisotopic (exact) mass is 225 g/mol. The molecule has 2 aliphatic rings. The first-order valence-corrected chi connectivity index (χ1v) is 7.15. The fourth-order valence-electron chi connectivity index (χ4n) is 3.05. The highest BCUT2D eigenvalue weighted by Crippen LogP contribution is 2.41. The number of rotatable bonds is 2. The van der Waals surface area contributed by atoms with Crippen molar-refractivity contribution in [3.8, 4) is 0 Å². The maximum Gasteiger partial charge on any atom is 0.377 e. The third-order valence-electron chi connectivity index (χ3n) is 3.84. The molecule has 15 heavy (non-hydrogen) atoms. The van der Waals surface area contributed by atoms with Crippen molar-refractivity contribution in [1.29, 1.82) is 0 Å². The molecule has 4 heteroatoms. The molecule has 0 spiro atoms. The van der Waals surface area contributed by atoms with Crippen LogP contribution in [0.4, 0.5) is 0 Å². The standard InChI is InChI=1S/C11H21BNOP/c1-11(15-3)10(13-12(2)14-11)9-7-5-4-6-8-9/h9-10,13H,3-8H2,1-2H3/t10-,11?/m1/s1. The molecule has 1 saturated heterocycles. The van der Waals surface area contributed by atoms with Gasteiger partial charge in [0.15, 0.2) is 0 Å². The van der Waals surface area contributed by atoms with Crippen LogP contribution in [0.2, 0.25) is 6.82 Å². The minimum absolute atomic E-state index is 0.0680. The molecule has 2 atom stereocenters. The highest BCUT2D eigenvalue weighted by atomic mass is 31.1. The third kappa shape index (κ3) is 2.30. The summed E-state index contributed by atoms with van der Waals surface area (Å²) in [5.41, 5.74) is 0. The summed E-state index contributed by atoms with van der Waals surface area (Å²) in [5.74, 6) is 0.794. The van der Waals surface area contributed by atoms with Crippen molar-refractivity contribution in [2.75, 3.05) is 0 Å². The Labute approximate surface area is 95.1 Å². The van der Waals surface area contributed by atoms with Crippen LogP contribution in [0.3, 0.4) is 0 Å². The van der Waals surface area contributed by atoms with E-state index in [1.54, 1.807) is 0 Å². The lowest BCUT2D eigenvalue weighted by Gasteiger charge is -2.35. The quantitative estimate of drug-likeness (QED) is 0.576. The van der Waals surface area contributed by atoms with Gasteiger partial charge in [-0.3, -0.25) is 0 Å². The second-order valence-corrected chi connectivity index (χ2v) is 6.22. The topological polar surface area (TPSA) is 21.3 Å². The fraction of sp³-hybridized carbons (Fsp3) is 0.909. The maximum absolute atomic E-state index is 5.98. The van der Waals surface area contributed by atoms with Gasteiger partial charge in [0.1, 0.15) is 5.34 Å². The van der Waals surface area contributed by atoms with Crippen LogP contribution in [-0.2, 0) is 4.65 Å². The molecule has 0 aromatic rings. The summed E-state index contributed by atoms with van der Waals surface area (Å²) in [7, 11) is 1.30. The summed E-state index contributed by atoms with van der Waals surface area (Å²) in [4.78, 5) is 0. The van der Waals surface area contributed by atoms with Gasteiger partial charge in [0, 0.05) is 6.04 Å². The molecule has 0 bridgehead atoms. The minimum atomic E-state index is -0.0680. The Balaban J connectivity index is 2.08. The molecule has 1 aliphatic carbocycles. The molecule has 2 nitrogen and oxygen atoms in total. The normalized spacial score (nSPS) is 38.8. The van der Waals surface area contributed by atoms with E-state index in [9.17, 15) is 0 Å². The first-order chi connectivity index (χ1) is 7.15. The van der Waals surface area contributed by atoms with Gasteiger partial charge in [-0.1, -0.05) is 33.8 Å². The molecule has 2 fully saturated rings. The van der Waals surface area contributed by atoms with E-state index in [1.165, 1.54) is 32.1 Å². The van der Waals surface area contributed by atoms with Crippen molar-refractivity contribution in [3.05, 3.63) is 0 Å². The highest BCUT2D eigenvalue weighted by Gasteiger charge is 2.46. The molecule has 0 amide bonds. The fourth-order valence-corrected chi connectivity index (χ4v) is 3.76. The molecule has 1 unspecified atom stereocenters. The smallest absolute Gasteiger partial charge is 0.377 e. The van der Waals surface area contributed by atoms with Crippen LogP contribution in [0, 0.1) is 5.92 Å². The van der Waals surface area contributed by atoms with Gasteiger partial charge in [-0.05, 0) is 32.5 Å². The lowest BCUT2D eigenvalue weighted by atomic mass is 9.80. The van der Waals surface area contributed by atoms with Crippen LogP contribution in [0.5, 0.6) is 0 Å². The average molecular weight is 225 g/mol. The van der Waals surface area contributed by atoms with E-state index in [1.807, 2.05) is 0 Å². The minimum Gasteiger partial charge on any atom is -0.407 e. The zero-order valence-electron chi connectivity index (χ0n) is 9.83. The van der Waals surface area contributed by atoms with Gasteiger partial charge in [0.25, 0.3) is 0 Å². The average Bonchev–Trinajstić information content (AvgIpc) is 2.56. The van der Waals surface area contributed by atoms with Gasteiger partial charge in [-0.25, -0.2) is 0 Å². The molecule has 1 aliphatic heterocycles. The van der Waals surface area contributed by atoms with E-state index in [2.05, 4.69) is 25.3 Å². The van der Waals surface area contributed by atoms with Crippen molar-refractivity contribution < 1.29 is 4.65 Å². The predicted molar refractivity (Wildman–Crippen MR) is 68.6 cm³/mol. The lowest BCUT2D eigenvalue weighted by Crippen LogP contribution is -2.44. The molecule has 0 radical (unpaired) electrons. The van der Waals surface area contributed by atoms with E-state index in [0.717, 1.165) is 14.1 Å². The van der Waals surface area contributed by atoms with Crippen molar-refractivity contribution >= 4 is 21.6 Å². The molecule has 1 N–H and O–H groups in total. The van der Waals surface area contributed by atoms with Crippen LogP contribution < -0.4 is 5.23 Å². The summed E-state index contributed by atoms with van der Waals surface area (Å²) in [6.07, 6.45) is 10.9.